The van der Waals surface area contributed by atoms with Gasteiger partial charge in [0.1, 0.15) is 10.6 Å². The Morgan fingerprint density at radius 3 is 2.52 bits per heavy atom. The van der Waals surface area contributed by atoms with Gasteiger partial charge in [0.2, 0.25) is 10.0 Å². The number of likely N-dealkylation sites (N-methyl/N-ethyl adjacent to an activating group) is 1. The Morgan fingerprint density at radius 1 is 1.33 bits per heavy atom. The predicted molar refractivity (Wildman–Crippen MR) is 79.8 cm³/mol. The van der Waals surface area contributed by atoms with Crippen molar-refractivity contribution in [3.63, 3.8) is 0 Å². The third-order valence-corrected chi connectivity index (χ3v) is 4.85. The molecule has 120 valence electrons. The van der Waals surface area contributed by atoms with Crippen molar-refractivity contribution in [3.8, 4) is 5.75 Å². The second-order valence-electron chi connectivity index (χ2n) is 4.89. The highest BCUT2D eigenvalue weighted by Crippen LogP contribution is 2.27. The fraction of sp³-hybridized carbons (Fsp3) is 0.571. The molecule has 7 heteroatoms. The molecule has 0 aliphatic carbocycles. The normalized spacial score (nSPS) is 12.1. The number of hydrogen-bond donors (Lipinski definition) is 1. The molecule has 0 radical (unpaired) electrons. The molecule has 0 amide bonds. The number of aliphatic hydroxyl groups excluding tert-OH is 1. The smallest absolute Gasteiger partial charge is 0.246 e. The number of benzene rings is 1. The first-order chi connectivity index (χ1) is 9.82. The highest BCUT2D eigenvalue weighted by Gasteiger charge is 2.24. The Balaban J connectivity index is 2.96. The number of nitrogens with zero attached hydrogens (tertiary/aromatic N) is 1. The van der Waals surface area contributed by atoms with E-state index in [9.17, 15) is 8.42 Å². The first kappa shape index (κ1) is 17.9. The van der Waals surface area contributed by atoms with Crippen LogP contribution in [0, 0.1) is 0 Å². The Kier molecular flexibility index (Phi) is 6.60. The minimum absolute atomic E-state index is 0.0551. The molecule has 0 aromatic heterocycles. The largest absolute Gasteiger partial charge is 0.495 e. The van der Waals surface area contributed by atoms with Crippen LogP contribution in [0.2, 0.25) is 0 Å². The highest BCUT2D eigenvalue weighted by molar-refractivity contribution is 7.89. The van der Waals surface area contributed by atoms with E-state index in [2.05, 4.69) is 0 Å². The molecule has 6 nitrogen and oxygen atoms in total. The molecule has 21 heavy (non-hydrogen) atoms. The van der Waals surface area contributed by atoms with E-state index in [0.29, 0.717) is 12.2 Å². The van der Waals surface area contributed by atoms with Crippen LogP contribution < -0.4 is 4.74 Å². The van der Waals surface area contributed by atoms with Gasteiger partial charge in [-0.05, 0) is 31.5 Å². The molecule has 1 N–H and O–H groups in total. The minimum Gasteiger partial charge on any atom is -0.495 e. The summed E-state index contributed by atoms with van der Waals surface area (Å²) in [6.07, 6.45) is 0.0551. The van der Waals surface area contributed by atoms with E-state index in [1.54, 1.807) is 6.07 Å². The van der Waals surface area contributed by atoms with Gasteiger partial charge in [-0.2, -0.15) is 4.31 Å². The van der Waals surface area contributed by atoms with Gasteiger partial charge in [0.25, 0.3) is 0 Å². The van der Waals surface area contributed by atoms with Crippen molar-refractivity contribution in [3.05, 3.63) is 23.8 Å². The Bertz CT molecular complexity index is 556. The lowest BCUT2D eigenvalue weighted by atomic mass is 10.2. The van der Waals surface area contributed by atoms with Gasteiger partial charge in [-0.15, -0.1) is 0 Å². The molecular formula is C14H23NO5S. The van der Waals surface area contributed by atoms with Gasteiger partial charge in [0.05, 0.1) is 26.4 Å². The van der Waals surface area contributed by atoms with Crippen LogP contribution in [0.3, 0.4) is 0 Å². The zero-order valence-electron chi connectivity index (χ0n) is 12.9. The Hall–Kier alpha value is -1.15. The van der Waals surface area contributed by atoms with Gasteiger partial charge in [-0.25, -0.2) is 8.42 Å². The van der Waals surface area contributed by atoms with Gasteiger partial charge in [0, 0.05) is 13.6 Å². The molecule has 0 heterocycles. The second-order valence-corrected chi connectivity index (χ2v) is 6.90. The average molecular weight is 317 g/mol. The van der Waals surface area contributed by atoms with Crippen molar-refractivity contribution >= 4 is 10.0 Å². The summed E-state index contributed by atoms with van der Waals surface area (Å²) in [5.74, 6) is 0.221. The van der Waals surface area contributed by atoms with Gasteiger partial charge >= 0.3 is 0 Å². The number of hydrogen-bond acceptors (Lipinski definition) is 5. The standard InChI is InChI=1S/C14H23NO5S/c1-11(2)20-8-7-15(3)21(17,18)14-6-5-12(10-16)9-13(14)19-4/h5-6,9,11,16H,7-8,10H2,1-4H3. The fourth-order valence-corrected chi connectivity index (χ4v) is 3.02. The van der Waals surface area contributed by atoms with E-state index >= 15 is 0 Å². The Labute approximate surface area is 126 Å². The SMILES string of the molecule is COc1cc(CO)ccc1S(=O)(=O)N(C)CCOC(C)C. The van der Waals surface area contributed by atoms with Crippen LogP contribution in [0.1, 0.15) is 19.4 Å². The van der Waals surface area contributed by atoms with E-state index in [1.807, 2.05) is 13.8 Å². The van der Waals surface area contributed by atoms with Crippen molar-refractivity contribution in [2.45, 2.75) is 31.5 Å². The van der Waals surface area contributed by atoms with Crippen LogP contribution in [-0.4, -0.2) is 51.2 Å². The number of methoxy groups -OCH3 is 1. The lowest BCUT2D eigenvalue weighted by molar-refractivity contribution is 0.0737. The van der Waals surface area contributed by atoms with Crippen molar-refractivity contribution in [2.24, 2.45) is 0 Å². The summed E-state index contributed by atoms with van der Waals surface area (Å²) in [6.45, 7) is 4.20. The molecular weight excluding hydrogens is 294 g/mol. The van der Waals surface area contributed by atoms with Gasteiger partial charge in [0.15, 0.2) is 0 Å². The van der Waals surface area contributed by atoms with Gasteiger partial charge in [-0.3, -0.25) is 0 Å². The van der Waals surface area contributed by atoms with E-state index in [1.165, 1.54) is 30.6 Å². The summed E-state index contributed by atoms with van der Waals surface area (Å²) in [5.41, 5.74) is 0.594. The molecule has 0 aliphatic heterocycles. The molecule has 0 fully saturated rings. The molecule has 0 saturated heterocycles. The summed E-state index contributed by atoms with van der Waals surface area (Å²) in [7, 11) is -0.759. The van der Waals surface area contributed by atoms with Gasteiger partial charge < -0.3 is 14.6 Å². The molecule has 1 aromatic carbocycles. The first-order valence-corrected chi connectivity index (χ1v) is 8.12. The van der Waals surface area contributed by atoms with Crippen LogP contribution in [-0.2, 0) is 21.4 Å². The summed E-state index contributed by atoms with van der Waals surface area (Å²) in [4.78, 5) is 0.0780. The maximum absolute atomic E-state index is 12.5. The molecule has 1 aromatic rings. The van der Waals surface area contributed by atoms with Crippen molar-refractivity contribution in [1.82, 2.24) is 4.31 Å². The average Bonchev–Trinajstić information content (AvgIpc) is 2.45. The van der Waals surface area contributed by atoms with Gasteiger partial charge in [-0.1, -0.05) is 6.07 Å². The molecule has 0 saturated carbocycles. The first-order valence-electron chi connectivity index (χ1n) is 6.68. The van der Waals surface area contributed by atoms with Crippen molar-refractivity contribution in [2.75, 3.05) is 27.3 Å². The second kappa shape index (κ2) is 7.74. The molecule has 0 unspecified atom stereocenters. The third kappa shape index (κ3) is 4.67. The van der Waals surface area contributed by atoms with Crippen LogP contribution in [0.25, 0.3) is 0 Å². The van der Waals surface area contributed by atoms with E-state index in [-0.39, 0.29) is 29.9 Å². The summed E-state index contributed by atoms with van der Waals surface area (Å²) >= 11 is 0. The van der Waals surface area contributed by atoms with E-state index in [0.717, 1.165) is 0 Å². The minimum atomic E-state index is -3.66. The molecule has 0 atom stereocenters. The van der Waals surface area contributed by atoms with Crippen molar-refractivity contribution < 1.29 is 23.0 Å². The zero-order chi connectivity index (χ0) is 16.0. The molecule has 0 spiro atoms. The molecule has 0 aliphatic rings. The van der Waals surface area contributed by atoms with E-state index in [4.69, 9.17) is 14.6 Å². The monoisotopic (exact) mass is 317 g/mol. The quantitative estimate of drug-likeness (QED) is 0.780. The lowest BCUT2D eigenvalue weighted by Gasteiger charge is -2.19. The molecule has 1 rings (SSSR count). The number of sulfonamides is 1. The van der Waals surface area contributed by atoms with E-state index < -0.39 is 10.0 Å². The van der Waals surface area contributed by atoms with Crippen molar-refractivity contribution in [1.29, 1.82) is 0 Å². The van der Waals surface area contributed by atoms with Crippen LogP contribution >= 0.6 is 0 Å². The number of ether oxygens (including phenoxy) is 2. The van der Waals surface area contributed by atoms with Crippen LogP contribution in [0.5, 0.6) is 5.75 Å². The Morgan fingerprint density at radius 2 is 2.00 bits per heavy atom. The fourth-order valence-electron chi connectivity index (χ4n) is 1.73. The summed E-state index contributed by atoms with van der Waals surface area (Å²) in [6, 6.07) is 4.53. The topological polar surface area (TPSA) is 76.1 Å². The molecule has 0 bridgehead atoms. The maximum Gasteiger partial charge on any atom is 0.246 e. The maximum atomic E-state index is 12.5. The lowest BCUT2D eigenvalue weighted by Crippen LogP contribution is -2.31. The van der Waals surface area contributed by atoms with Crippen LogP contribution in [0.15, 0.2) is 23.1 Å². The summed E-state index contributed by atoms with van der Waals surface area (Å²) in [5, 5.41) is 9.10. The zero-order valence-corrected chi connectivity index (χ0v) is 13.7. The third-order valence-electron chi connectivity index (χ3n) is 2.96. The summed E-state index contributed by atoms with van der Waals surface area (Å²) < 4.78 is 36.7. The number of aliphatic hydroxyl groups is 1. The predicted octanol–water partition coefficient (Wildman–Crippen LogP) is 1.23. The highest BCUT2D eigenvalue weighted by atomic mass is 32.2. The number of rotatable bonds is 8. The van der Waals surface area contributed by atoms with Crippen LogP contribution in [0.4, 0.5) is 0 Å².